The van der Waals surface area contributed by atoms with Gasteiger partial charge < -0.3 is 10.1 Å². The van der Waals surface area contributed by atoms with E-state index in [1.54, 1.807) is 7.11 Å². The maximum Gasteiger partial charge on any atom is 0.407 e. The lowest BCUT2D eigenvalue weighted by molar-refractivity contribution is -0.177. The van der Waals surface area contributed by atoms with Crippen LogP contribution in [0.3, 0.4) is 0 Å². The van der Waals surface area contributed by atoms with E-state index in [9.17, 15) is 9.59 Å². The minimum atomic E-state index is -0.233. The fraction of sp³-hybridized carbons (Fsp3) is 0.912. The molecule has 0 aromatic carbocycles. The van der Waals surface area contributed by atoms with Crippen LogP contribution in [-0.2, 0) is 14.4 Å². The highest BCUT2D eigenvalue weighted by atomic mass is 16.7. The van der Waals surface area contributed by atoms with Gasteiger partial charge in [-0.05, 0) is 146 Å². The quantitative estimate of drug-likeness (QED) is 0.103. The number of hydroxylamine groups is 2. The average molecular weight is 587 g/mol. The van der Waals surface area contributed by atoms with Crippen molar-refractivity contribution in [2.24, 2.45) is 33.7 Å². The van der Waals surface area contributed by atoms with Crippen LogP contribution in [0.4, 0.5) is 4.79 Å². The van der Waals surface area contributed by atoms with Crippen molar-refractivity contribution in [3.05, 3.63) is 0 Å². The molecule has 0 aromatic heterocycles. The molecule has 4 aliphatic carbocycles. The lowest BCUT2D eigenvalue weighted by Crippen LogP contribution is -2.38. The molecule has 238 valence electrons. The molecule has 8 nitrogen and oxygen atoms in total. The molecule has 0 unspecified atom stereocenters. The molecule has 0 aliphatic heterocycles. The molecule has 8 heteroatoms. The molecule has 4 rings (SSSR count). The van der Waals surface area contributed by atoms with Crippen molar-refractivity contribution in [2.75, 3.05) is 13.7 Å². The van der Waals surface area contributed by atoms with Gasteiger partial charge in [0.25, 0.3) is 0 Å². The number of ether oxygens (including phenoxy) is 1. The Bertz CT molecular complexity index is 846. The predicted octanol–water partition coefficient (Wildman–Crippen LogP) is 7.72. The Morgan fingerprint density at radius 1 is 0.786 bits per heavy atom. The van der Waals surface area contributed by atoms with E-state index in [0.717, 1.165) is 68.6 Å². The van der Waals surface area contributed by atoms with Crippen molar-refractivity contribution in [3.8, 4) is 0 Å². The summed E-state index contributed by atoms with van der Waals surface area (Å²) in [6.07, 6.45) is 24.2. The van der Waals surface area contributed by atoms with Gasteiger partial charge in [-0.15, -0.1) is 0 Å². The molecule has 1 N–H and O–H groups in total. The van der Waals surface area contributed by atoms with Crippen LogP contribution in [0.5, 0.6) is 0 Å². The van der Waals surface area contributed by atoms with E-state index in [0.29, 0.717) is 18.7 Å². The molecule has 42 heavy (non-hydrogen) atoms. The van der Waals surface area contributed by atoms with Gasteiger partial charge in [0.2, 0.25) is 6.41 Å². The summed E-state index contributed by atoms with van der Waals surface area (Å²) in [6, 6.07) is 4.50. The lowest BCUT2D eigenvalue weighted by atomic mass is 9.76. The first kappa shape index (κ1) is 33.0. The zero-order chi connectivity index (χ0) is 29.6. The van der Waals surface area contributed by atoms with Crippen LogP contribution in [0, 0.1) is 23.7 Å². The van der Waals surface area contributed by atoms with E-state index in [4.69, 9.17) is 19.6 Å². The third-order valence-corrected chi connectivity index (χ3v) is 10.8. The lowest BCUT2D eigenvalue weighted by Gasteiger charge is -2.35. The fourth-order valence-corrected chi connectivity index (χ4v) is 8.13. The third-order valence-electron chi connectivity index (χ3n) is 10.8. The van der Waals surface area contributed by atoms with Crippen molar-refractivity contribution < 1.29 is 19.2 Å². The summed E-state index contributed by atoms with van der Waals surface area (Å²) in [5.41, 5.74) is 0. The van der Waals surface area contributed by atoms with Gasteiger partial charge in [-0.1, -0.05) is 13.3 Å². The van der Waals surface area contributed by atoms with Crippen LogP contribution < -0.4 is 5.32 Å². The average Bonchev–Trinajstić information content (AvgIpc) is 3.01. The topological polar surface area (TPSA) is 92.6 Å². The smallest absolute Gasteiger partial charge is 0.407 e. The first-order valence-electron chi connectivity index (χ1n) is 17.4. The Morgan fingerprint density at radius 3 is 1.71 bits per heavy atom. The summed E-state index contributed by atoms with van der Waals surface area (Å²) in [5, 5.41) is 4.57. The molecule has 0 bridgehead atoms. The minimum absolute atomic E-state index is 0.233. The Kier molecular flexibility index (Phi) is 14.2. The molecular formula is C34H58N4O4. The molecule has 0 radical (unpaired) electrons. The van der Waals surface area contributed by atoms with Crippen molar-refractivity contribution in [1.82, 2.24) is 10.4 Å². The Labute approximate surface area is 254 Å². The first-order valence-corrected chi connectivity index (χ1v) is 17.4. The van der Waals surface area contributed by atoms with Crippen LogP contribution in [0.15, 0.2) is 9.98 Å². The van der Waals surface area contributed by atoms with Gasteiger partial charge in [-0.25, -0.2) is 19.8 Å². The molecule has 0 saturated heterocycles. The van der Waals surface area contributed by atoms with Crippen LogP contribution >= 0.6 is 0 Å². The zero-order valence-corrected chi connectivity index (χ0v) is 26.5. The number of carbonyl (C=O) groups is 2. The highest BCUT2D eigenvalue weighted by Crippen LogP contribution is 2.38. The number of amides is 2. The molecule has 4 saturated carbocycles. The van der Waals surface area contributed by atoms with Gasteiger partial charge in [0, 0.05) is 6.04 Å². The molecule has 4 fully saturated rings. The van der Waals surface area contributed by atoms with Gasteiger partial charge in [0.1, 0.15) is 0 Å². The van der Waals surface area contributed by atoms with Crippen molar-refractivity contribution in [2.45, 2.75) is 160 Å². The largest absolute Gasteiger partial charge is 0.450 e. The van der Waals surface area contributed by atoms with E-state index in [1.165, 1.54) is 95.0 Å². The number of nitrogens with zero attached hydrogens (tertiary/aromatic N) is 3. The van der Waals surface area contributed by atoms with Crippen molar-refractivity contribution >= 4 is 18.5 Å². The summed E-state index contributed by atoms with van der Waals surface area (Å²) in [7, 11) is 1.59. The molecule has 4 aliphatic rings. The summed E-state index contributed by atoms with van der Waals surface area (Å²) >= 11 is 0. The Hall–Kier alpha value is -1.92. The van der Waals surface area contributed by atoms with Crippen LogP contribution in [0.25, 0.3) is 0 Å². The van der Waals surface area contributed by atoms with Gasteiger partial charge in [-0.2, -0.15) is 0 Å². The van der Waals surface area contributed by atoms with Crippen LogP contribution in [-0.4, -0.2) is 61.5 Å². The second-order valence-electron chi connectivity index (χ2n) is 13.9. The Morgan fingerprint density at radius 2 is 1.26 bits per heavy atom. The van der Waals surface area contributed by atoms with E-state index < -0.39 is 0 Å². The van der Waals surface area contributed by atoms with Gasteiger partial charge >= 0.3 is 6.09 Å². The molecule has 2 amide bonds. The van der Waals surface area contributed by atoms with E-state index in [1.807, 2.05) is 0 Å². The van der Waals surface area contributed by atoms with E-state index in [2.05, 4.69) is 18.2 Å². The number of nitrogens with one attached hydrogen (secondary N) is 1. The maximum absolute atomic E-state index is 11.9. The number of carbonyl (C=O) groups excluding carboxylic acids is 2. The molecule has 0 atom stereocenters. The van der Waals surface area contributed by atoms with Crippen molar-refractivity contribution in [3.63, 3.8) is 0 Å². The summed E-state index contributed by atoms with van der Waals surface area (Å²) in [4.78, 5) is 37.8. The zero-order valence-electron chi connectivity index (χ0n) is 26.5. The molecule has 0 aromatic rings. The summed E-state index contributed by atoms with van der Waals surface area (Å²) < 4.78 is 5.27. The molecule has 0 heterocycles. The number of rotatable bonds is 13. The Balaban J connectivity index is 1.05. The predicted molar refractivity (Wildman–Crippen MR) is 166 cm³/mol. The van der Waals surface area contributed by atoms with Gasteiger partial charge in [0.15, 0.2) is 0 Å². The normalized spacial score (nSPS) is 33.6. The number of aliphatic imine (C=N–C) groups is 2. The van der Waals surface area contributed by atoms with Gasteiger partial charge in [0.05, 0.1) is 37.9 Å². The SMILES string of the molecule is CCCCOC(=O)NC1CCC(CC2CCC(N=C=NC3CCC(CC4CCC(N(C=O)OC)CC4)CC3)CC2)CC1. The van der Waals surface area contributed by atoms with E-state index in [-0.39, 0.29) is 18.2 Å². The van der Waals surface area contributed by atoms with Gasteiger partial charge in [-0.3, -0.25) is 9.63 Å². The first-order chi connectivity index (χ1) is 20.6. The molecule has 0 spiro atoms. The number of hydrogen-bond acceptors (Lipinski definition) is 6. The number of alkyl carbamates (subject to hydrolysis) is 1. The summed E-state index contributed by atoms with van der Waals surface area (Å²) in [5.74, 6) is 3.26. The maximum atomic E-state index is 11.9. The molecular weight excluding hydrogens is 528 g/mol. The fourth-order valence-electron chi connectivity index (χ4n) is 8.13. The monoisotopic (exact) mass is 586 g/mol. The second kappa shape index (κ2) is 18.0. The van der Waals surface area contributed by atoms with Crippen molar-refractivity contribution in [1.29, 1.82) is 0 Å². The number of hydrogen-bond donors (Lipinski definition) is 1. The number of unbranched alkanes of at least 4 members (excludes halogenated alkanes) is 1. The highest BCUT2D eigenvalue weighted by Gasteiger charge is 2.30. The highest BCUT2D eigenvalue weighted by molar-refractivity contribution is 5.67. The third kappa shape index (κ3) is 11.0. The van der Waals surface area contributed by atoms with Crippen LogP contribution in [0.1, 0.15) is 135 Å². The minimum Gasteiger partial charge on any atom is -0.450 e. The summed E-state index contributed by atoms with van der Waals surface area (Å²) in [6.45, 7) is 2.63. The standard InChI is InChI=1S/C34H58N4O4/c1-3-4-21-42-34(40)37-32-17-9-28(10-18-32)22-26-5-13-30(14-6-26)35-24-36-31-15-7-27(8-16-31)23-29-11-19-33(20-12-29)38(25-39)41-2/h25-33H,3-23H2,1-2H3,(H,37,40). The van der Waals surface area contributed by atoms with E-state index >= 15 is 0 Å². The second-order valence-corrected chi connectivity index (χ2v) is 13.9. The van der Waals surface area contributed by atoms with Crippen LogP contribution in [0.2, 0.25) is 0 Å².